The van der Waals surface area contributed by atoms with Crippen LogP contribution in [0.5, 0.6) is 0 Å². The molecule has 0 amide bonds. The number of hydrogen-bond acceptors (Lipinski definition) is 1. The highest BCUT2D eigenvalue weighted by molar-refractivity contribution is 5.87. The second-order valence-electron chi connectivity index (χ2n) is 7.39. The van der Waals surface area contributed by atoms with Crippen LogP contribution in [0.4, 0.5) is 0 Å². The molecule has 1 fully saturated rings. The monoisotopic (exact) mass is 272 g/mol. The summed E-state index contributed by atoms with van der Waals surface area (Å²) in [4.78, 5) is 12.6. The molecule has 1 nitrogen and oxygen atoms in total. The van der Waals surface area contributed by atoms with Gasteiger partial charge in [-0.25, -0.2) is 0 Å². The van der Waals surface area contributed by atoms with Crippen LogP contribution in [-0.4, -0.2) is 5.78 Å². The Kier molecular flexibility index (Phi) is 4.36. The molecule has 0 radical (unpaired) electrons. The van der Waals surface area contributed by atoms with E-state index in [9.17, 15) is 4.79 Å². The number of benzene rings is 1. The van der Waals surface area contributed by atoms with E-state index in [-0.39, 0.29) is 10.8 Å². The van der Waals surface area contributed by atoms with E-state index in [4.69, 9.17) is 0 Å². The molecule has 0 heterocycles. The molecule has 1 aliphatic rings. The molecule has 1 heteroatoms. The molecule has 0 aliphatic heterocycles. The van der Waals surface area contributed by atoms with Crippen LogP contribution >= 0.6 is 0 Å². The Hall–Kier alpha value is -1.11. The maximum Gasteiger partial charge on any atom is 0.143 e. The van der Waals surface area contributed by atoms with Gasteiger partial charge in [-0.3, -0.25) is 4.79 Å². The molecule has 0 unspecified atom stereocenters. The van der Waals surface area contributed by atoms with Gasteiger partial charge in [0, 0.05) is 11.8 Å². The van der Waals surface area contributed by atoms with Crippen LogP contribution in [0, 0.1) is 5.41 Å². The van der Waals surface area contributed by atoms with Crippen molar-refractivity contribution < 1.29 is 4.79 Å². The van der Waals surface area contributed by atoms with E-state index in [2.05, 4.69) is 52.0 Å². The van der Waals surface area contributed by atoms with Crippen LogP contribution in [0.1, 0.15) is 70.9 Å². The quantitative estimate of drug-likeness (QED) is 0.748. The number of carbonyl (C=O) groups excluding carboxylic acids is 1. The summed E-state index contributed by atoms with van der Waals surface area (Å²) in [5, 5.41) is 0. The molecule has 1 aromatic rings. The van der Waals surface area contributed by atoms with Gasteiger partial charge in [0.15, 0.2) is 0 Å². The van der Waals surface area contributed by atoms with Crippen molar-refractivity contribution in [1.82, 2.24) is 0 Å². The zero-order valence-electron chi connectivity index (χ0n) is 13.5. The van der Waals surface area contributed by atoms with Crippen LogP contribution < -0.4 is 0 Å². The highest BCUT2D eigenvalue weighted by Crippen LogP contribution is 2.42. The summed E-state index contributed by atoms with van der Waals surface area (Å²) in [7, 11) is 0. The minimum Gasteiger partial charge on any atom is -0.299 e. The first kappa shape index (κ1) is 15.3. The average molecular weight is 272 g/mol. The summed E-state index contributed by atoms with van der Waals surface area (Å²) < 4.78 is 0. The molecule has 0 N–H and O–H groups in total. The van der Waals surface area contributed by atoms with Crippen LogP contribution in [0.25, 0.3) is 0 Å². The maximum atomic E-state index is 12.6. The van der Waals surface area contributed by atoms with E-state index in [1.807, 2.05) is 0 Å². The summed E-state index contributed by atoms with van der Waals surface area (Å²) in [5.74, 6) is 0.459. The van der Waals surface area contributed by atoms with Gasteiger partial charge < -0.3 is 0 Å². The van der Waals surface area contributed by atoms with Gasteiger partial charge in [-0.1, -0.05) is 64.8 Å². The summed E-state index contributed by atoms with van der Waals surface area (Å²) >= 11 is 0. The van der Waals surface area contributed by atoms with Crippen molar-refractivity contribution in [3.05, 3.63) is 35.4 Å². The number of ketones is 1. The highest BCUT2D eigenvalue weighted by Gasteiger charge is 2.38. The van der Waals surface area contributed by atoms with Gasteiger partial charge in [0.05, 0.1) is 0 Å². The first-order chi connectivity index (χ1) is 9.37. The van der Waals surface area contributed by atoms with E-state index >= 15 is 0 Å². The standard InChI is InChI=1S/C19H28O/c1-5-19(12-6-7-13-19)17(20)14-15-8-10-16(11-9-15)18(2,3)4/h8-11H,5-7,12-14H2,1-4H3. The van der Waals surface area contributed by atoms with E-state index in [0.29, 0.717) is 12.2 Å². The van der Waals surface area contributed by atoms with Gasteiger partial charge in [0.25, 0.3) is 0 Å². The van der Waals surface area contributed by atoms with Gasteiger partial charge in [-0.15, -0.1) is 0 Å². The number of hydrogen-bond donors (Lipinski definition) is 0. The van der Waals surface area contributed by atoms with Crippen molar-refractivity contribution in [2.75, 3.05) is 0 Å². The SMILES string of the molecule is CCC1(C(=O)Cc2ccc(C(C)(C)C)cc2)CCCC1. The maximum absolute atomic E-state index is 12.6. The first-order valence-electron chi connectivity index (χ1n) is 8.00. The van der Waals surface area contributed by atoms with Gasteiger partial charge in [0.2, 0.25) is 0 Å². The van der Waals surface area contributed by atoms with E-state index in [0.717, 1.165) is 19.3 Å². The van der Waals surface area contributed by atoms with Crippen LogP contribution in [0.3, 0.4) is 0 Å². The zero-order valence-corrected chi connectivity index (χ0v) is 13.5. The average Bonchev–Trinajstić information content (AvgIpc) is 2.88. The molecule has 2 rings (SSSR count). The van der Waals surface area contributed by atoms with Crippen molar-refractivity contribution >= 4 is 5.78 Å². The molecular formula is C19H28O. The van der Waals surface area contributed by atoms with Crippen molar-refractivity contribution in [1.29, 1.82) is 0 Å². The zero-order chi connectivity index (χ0) is 14.8. The first-order valence-corrected chi connectivity index (χ1v) is 8.00. The number of rotatable bonds is 4. The molecule has 0 saturated heterocycles. The number of carbonyl (C=O) groups is 1. The Morgan fingerprint density at radius 1 is 1.10 bits per heavy atom. The topological polar surface area (TPSA) is 17.1 Å². The minimum absolute atomic E-state index is 0.0112. The molecule has 0 spiro atoms. The smallest absolute Gasteiger partial charge is 0.143 e. The Morgan fingerprint density at radius 2 is 1.65 bits per heavy atom. The summed E-state index contributed by atoms with van der Waals surface area (Å²) in [5.41, 5.74) is 2.67. The van der Waals surface area contributed by atoms with E-state index < -0.39 is 0 Å². The normalized spacial score (nSPS) is 18.2. The summed E-state index contributed by atoms with van der Waals surface area (Å²) in [6, 6.07) is 8.62. The van der Waals surface area contributed by atoms with Crippen molar-refractivity contribution in [2.45, 2.75) is 71.6 Å². The Bertz CT molecular complexity index is 456. The van der Waals surface area contributed by atoms with Crippen molar-refractivity contribution in [3.63, 3.8) is 0 Å². The lowest BCUT2D eigenvalue weighted by Crippen LogP contribution is -2.28. The van der Waals surface area contributed by atoms with Gasteiger partial charge in [-0.2, -0.15) is 0 Å². The lowest BCUT2D eigenvalue weighted by molar-refractivity contribution is -0.128. The Balaban J connectivity index is 2.08. The lowest BCUT2D eigenvalue weighted by atomic mass is 9.77. The van der Waals surface area contributed by atoms with E-state index in [1.165, 1.54) is 24.0 Å². The van der Waals surface area contributed by atoms with Crippen molar-refractivity contribution in [3.8, 4) is 0 Å². The molecule has 0 atom stereocenters. The van der Waals surface area contributed by atoms with E-state index in [1.54, 1.807) is 0 Å². The minimum atomic E-state index is -0.0112. The Labute approximate surface area is 123 Å². The highest BCUT2D eigenvalue weighted by atomic mass is 16.1. The van der Waals surface area contributed by atoms with Crippen LogP contribution in [-0.2, 0) is 16.6 Å². The third kappa shape index (κ3) is 3.13. The number of Topliss-reactive ketones (excluding diaryl/α,β-unsaturated/α-hetero) is 1. The summed E-state index contributed by atoms with van der Waals surface area (Å²) in [6.07, 6.45) is 6.26. The third-order valence-electron chi connectivity index (χ3n) is 5.01. The lowest BCUT2D eigenvalue weighted by Gasteiger charge is -2.26. The summed E-state index contributed by atoms with van der Waals surface area (Å²) in [6.45, 7) is 8.83. The largest absolute Gasteiger partial charge is 0.299 e. The van der Waals surface area contributed by atoms with Gasteiger partial charge >= 0.3 is 0 Å². The second-order valence-corrected chi connectivity index (χ2v) is 7.39. The van der Waals surface area contributed by atoms with Crippen LogP contribution in [0.15, 0.2) is 24.3 Å². The molecule has 110 valence electrons. The Morgan fingerprint density at radius 3 is 2.10 bits per heavy atom. The predicted molar refractivity (Wildman–Crippen MR) is 85.0 cm³/mol. The molecule has 1 aliphatic carbocycles. The third-order valence-corrected chi connectivity index (χ3v) is 5.01. The molecule has 0 bridgehead atoms. The molecule has 20 heavy (non-hydrogen) atoms. The fourth-order valence-electron chi connectivity index (χ4n) is 3.38. The molecule has 0 aromatic heterocycles. The van der Waals surface area contributed by atoms with Gasteiger partial charge in [0.1, 0.15) is 5.78 Å². The molecule has 1 saturated carbocycles. The van der Waals surface area contributed by atoms with Gasteiger partial charge in [-0.05, 0) is 35.8 Å². The second kappa shape index (κ2) is 5.71. The van der Waals surface area contributed by atoms with Crippen LogP contribution in [0.2, 0.25) is 0 Å². The predicted octanol–water partition coefficient (Wildman–Crippen LogP) is 5.07. The molecular weight excluding hydrogens is 244 g/mol. The van der Waals surface area contributed by atoms with Crippen molar-refractivity contribution in [2.24, 2.45) is 5.41 Å². The fraction of sp³-hybridized carbons (Fsp3) is 0.632. The molecule has 1 aromatic carbocycles. The fourth-order valence-corrected chi connectivity index (χ4v) is 3.38.